The number of hydrogen-bond acceptors (Lipinski definition) is 2. The minimum Gasteiger partial charge on any atom is -0.490 e. The summed E-state index contributed by atoms with van der Waals surface area (Å²) >= 11 is 0. The Morgan fingerprint density at radius 1 is 1.67 bits per heavy atom. The molecule has 0 radical (unpaired) electrons. The molecule has 1 rings (SSSR count). The molecule has 2 heteroatoms. The van der Waals surface area contributed by atoms with Crippen molar-refractivity contribution in [3.05, 3.63) is 29.3 Å². The van der Waals surface area contributed by atoms with E-state index in [1.54, 1.807) is 6.08 Å². The zero-order chi connectivity index (χ0) is 8.81. The molecule has 66 valence electrons. The van der Waals surface area contributed by atoms with Gasteiger partial charge in [0.15, 0.2) is 0 Å². The molecule has 0 saturated heterocycles. The molecule has 0 atom stereocenters. The van der Waals surface area contributed by atoms with Gasteiger partial charge < -0.3 is 10.5 Å². The van der Waals surface area contributed by atoms with Gasteiger partial charge in [-0.25, -0.2) is 0 Å². The van der Waals surface area contributed by atoms with Crippen LogP contribution in [0.4, 0.5) is 0 Å². The summed E-state index contributed by atoms with van der Waals surface area (Å²) in [5.74, 6) is 0.901. The van der Waals surface area contributed by atoms with Crippen molar-refractivity contribution >= 4 is 0 Å². The summed E-state index contributed by atoms with van der Waals surface area (Å²) in [6, 6.07) is 0. The molecule has 0 aromatic heterocycles. The Labute approximate surface area is 73.4 Å². The predicted octanol–water partition coefficient (Wildman–Crippen LogP) is 2.09. The quantitative estimate of drug-likeness (QED) is 0.511. The zero-order valence-electron chi connectivity index (χ0n) is 7.47. The Morgan fingerprint density at radius 3 is 3.08 bits per heavy atom. The molecule has 0 fully saturated rings. The lowest BCUT2D eigenvalue weighted by Crippen LogP contribution is -1.99. The highest BCUT2D eigenvalue weighted by atomic mass is 16.5. The summed E-state index contributed by atoms with van der Waals surface area (Å²) in [4.78, 5) is 0. The van der Waals surface area contributed by atoms with E-state index >= 15 is 0 Å². The molecule has 1 aliphatic carbocycles. The van der Waals surface area contributed by atoms with Crippen molar-refractivity contribution in [3.63, 3.8) is 0 Å². The molecule has 0 aliphatic heterocycles. The summed E-state index contributed by atoms with van der Waals surface area (Å²) in [6.07, 6.45) is 6.74. The Hall–Kier alpha value is -1.14. The van der Waals surface area contributed by atoms with E-state index in [0.29, 0.717) is 0 Å². The highest BCUT2D eigenvalue weighted by molar-refractivity contribution is 5.22. The molecule has 0 amide bonds. The highest BCUT2D eigenvalue weighted by Crippen LogP contribution is 2.09. The third-order valence-electron chi connectivity index (χ3n) is 1.70. The Morgan fingerprint density at radius 2 is 2.50 bits per heavy atom. The van der Waals surface area contributed by atoms with E-state index < -0.39 is 0 Å². The van der Waals surface area contributed by atoms with Gasteiger partial charge in [0.1, 0.15) is 5.76 Å². The van der Waals surface area contributed by atoms with Crippen LogP contribution < -0.4 is 5.73 Å². The number of ether oxygens (including phenoxy) is 1. The molecule has 2 N–H and O–H groups in total. The Bertz CT molecular complexity index is 234. The third-order valence-corrected chi connectivity index (χ3v) is 1.70. The molecule has 2 nitrogen and oxygen atoms in total. The molecule has 0 saturated carbocycles. The molecule has 0 spiro atoms. The topological polar surface area (TPSA) is 35.2 Å². The molecule has 0 heterocycles. The second-order valence-electron chi connectivity index (χ2n) is 2.82. The summed E-state index contributed by atoms with van der Waals surface area (Å²) in [5, 5.41) is 0. The molecule has 1 aliphatic rings. The van der Waals surface area contributed by atoms with Crippen LogP contribution in [0.15, 0.2) is 29.3 Å². The maximum absolute atomic E-state index is 5.53. The molecular formula is C10H15NO. The van der Waals surface area contributed by atoms with Crippen molar-refractivity contribution < 1.29 is 4.74 Å². The largest absolute Gasteiger partial charge is 0.490 e. The van der Waals surface area contributed by atoms with Gasteiger partial charge in [-0.3, -0.25) is 0 Å². The highest BCUT2D eigenvalue weighted by Gasteiger charge is 1.98. The lowest BCUT2D eigenvalue weighted by molar-refractivity contribution is 0.203. The van der Waals surface area contributed by atoms with Crippen LogP contribution >= 0.6 is 0 Å². The van der Waals surface area contributed by atoms with Gasteiger partial charge >= 0.3 is 0 Å². The maximum atomic E-state index is 5.53. The van der Waals surface area contributed by atoms with Crippen LogP contribution in [0, 0.1) is 0 Å². The van der Waals surface area contributed by atoms with Crippen molar-refractivity contribution in [2.75, 3.05) is 6.61 Å². The first-order chi connectivity index (χ1) is 5.83. The normalized spacial score (nSPS) is 15.4. The lowest BCUT2D eigenvalue weighted by Gasteiger charge is -2.07. The van der Waals surface area contributed by atoms with Gasteiger partial charge in [-0.15, -0.1) is 0 Å². The third kappa shape index (κ3) is 2.85. The van der Waals surface area contributed by atoms with E-state index in [0.717, 1.165) is 37.3 Å². The molecule has 12 heavy (non-hydrogen) atoms. The number of unbranched alkanes of at least 4 members (excludes halogenated alkanes) is 1. The molecule has 0 aromatic carbocycles. The van der Waals surface area contributed by atoms with Gasteiger partial charge in [0, 0.05) is 18.2 Å². The van der Waals surface area contributed by atoms with Crippen LogP contribution in [0.1, 0.15) is 26.2 Å². The number of hydrogen-bond donors (Lipinski definition) is 1. The van der Waals surface area contributed by atoms with Crippen LogP contribution in [-0.2, 0) is 4.74 Å². The SMILES string of the molecule is CCCCOC1=C=CC(N)=CC1. The van der Waals surface area contributed by atoms with Crippen LogP contribution in [0.5, 0.6) is 0 Å². The van der Waals surface area contributed by atoms with Crippen molar-refractivity contribution in [1.29, 1.82) is 0 Å². The van der Waals surface area contributed by atoms with Crippen molar-refractivity contribution in [2.24, 2.45) is 5.73 Å². The standard InChI is InChI=1S/C10H15NO/c1-2-3-8-12-10-6-4-9(11)5-7-10/h4-5H,2-3,6,8,11H2,1H3. The van der Waals surface area contributed by atoms with Gasteiger partial charge in [-0.1, -0.05) is 25.2 Å². The smallest absolute Gasteiger partial charge is 0.142 e. The summed E-state index contributed by atoms with van der Waals surface area (Å²) in [6.45, 7) is 2.94. The summed E-state index contributed by atoms with van der Waals surface area (Å²) in [5.41, 5.74) is 9.31. The number of rotatable bonds is 4. The average molecular weight is 165 g/mol. The minimum atomic E-state index is 0.776. The van der Waals surface area contributed by atoms with Crippen LogP contribution in [0.3, 0.4) is 0 Å². The minimum absolute atomic E-state index is 0.776. The van der Waals surface area contributed by atoms with E-state index in [-0.39, 0.29) is 0 Å². The summed E-state index contributed by atoms with van der Waals surface area (Å²) in [7, 11) is 0. The predicted molar refractivity (Wildman–Crippen MR) is 49.3 cm³/mol. The summed E-state index contributed by atoms with van der Waals surface area (Å²) < 4.78 is 5.45. The van der Waals surface area contributed by atoms with Crippen LogP contribution in [0.25, 0.3) is 0 Å². The van der Waals surface area contributed by atoms with Gasteiger partial charge in [0.05, 0.1) is 6.61 Å². The number of nitrogens with two attached hydrogens (primary N) is 1. The molecule has 0 aromatic rings. The fourth-order valence-corrected chi connectivity index (χ4v) is 0.933. The Kier molecular flexibility index (Phi) is 3.49. The fourth-order valence-electron chi connectivity index (χ4n) is 0.933. The van der Waals surface area contributed by atoms with Gasteiger partial charge in [-0.2, -0.15) is 0 Å². The lowest BCUT2D eigenvalue weighted by atomic mass is 10.2. The first-order valence-electron chi connectivity index (χ1n) is 4.37. The van der Waals surface area contributed by atoms with Gasteiger partial charge in [0.2, 0.25) is 0 Å². The van der Waals surface area contributed by atoms with Crippen molar-refractivity contribution in [2.45, 2.75) is 26.2 Å². The second kappa shape index (κ2) is 4.68. The van der Waals surface area contributed by atoms with Gasteiger partial charge in [-0.05, 0) is 6.42 Å². The van der Waals surface area contributed by atoms with Crippen molar-refractivity contribution in [3.8, 4) is 0 Å². The van der Waals surface area contributed by atoms with E-state index in [4.69, 9.17) is 10.5 Å². The van der Waals surface area contributed by atoms with Crippen LogP contribution in [-0.4, -0.2) is 6.61 Å². The first kappa shape index (κ1) is 8.95. The first-order valence-corrected chi connectivity index (χ1v) is 4.37. The Balaban J connectivity index is 2.31. The van der Waals surface area contributed by atoms with E-state index in [9.17, 15) is 0 Å². The fraction of sp³-hybridized carbons (Fsp3) is 0.500. The molecule has 0 bridgehead atoms. The van der Waals surface area contributed by atoms with Crippen LogP contribution in [0.2, 0.25) is 0 Å². The number of allylic oxidation sites excluding steroid dienone is 1. The molecule has 0 unspecified atom stereocenters. The molecular weight excluding hydrogens is 150 g/mol. The van der Waals surface area contributed by atoms with E-state index in [2.05, 4.69) is 12.7 Å². The van der Waals surface area contributed by atoms with E-state index in [1.165, 1.54) is 0 Å². The second-order valence-corrected chi connectivity index (χ2v) is 2.82. The zero-order valence-corrected chi connectivity index (χ0v) is 7.47. The maximum Gasteiger partial charge on any atom is 0.142 e. The monoisotopic (exact) mass is 165 g/mol. The van der Waals surface area contributed by atoms with Gasteiger partial charge in [0.25, 0.3) is 0 Å². The van der Waals surface area contributed by atoms with E-state index in [1.807, 2.05) is 6.08 Å². The van der Waals surface area contributed by atoms with Crippen molar-refractivity contribution in [1.82, 2.24) is 0 Å². The average Bonchev–Trinajstić information content (AvgIpc) is 2.09.